The van der Waals surface area contributed by atoms with Crippen molar-refractivity contribution in [1.82, 2.24) is 0 Å². The second-order valence-electron chi connectivity index (χ2n) is 11.4. The topological polar surface area (TPSA) is 40.5 Å². The van der Waals surface area contributed by atoms with Gasteiger partial charge in [0.05, 0.1) is 11.7 Å². The molecule has 3 rings (SSSR count). The molecule has 2 N–H and O–H groups in total. The van der Waals surface area contributed by atoms with Gasteiger partial charge in [-0.1, -0.05) is 57.6 Å². The third-order valence-corrected chi connectivity index (χ3v) is 8.45. The van der Waals surface area contributed by atoms with Crippen LogP contribution in [0.25, 0.3) is 0 Å². The fourth-order valence-corrected chi connectivity index (χ4v) is 6.67. The average Bonchev–Trinajstić information content (AvgIpc) is 3.00. The molecule has 0 aromatic heterocycles. The van der Waals surface area contributed by atoms with Crippen molar-refractivity contribution in [3.05, 3.63) is 47.6 Å². The summed E-state index contributed by atoms with van der Waals surface area (Å²) in [6, 6.07) is 0. The molecule has 3 fully saturated rings. The van der Waals surface area contributed by atoms with Gasteiger partial charge in [-0.3, -0.25) is 0 Å². The van der Waals surface area contributed by atoms with Crippen molar-refractivity contribution in [2.75, 3.05) is 0 Å². The molecule has 0 aromatic carbocycles. The zero-order chi connectivity index (χ0) is 22.1. The summed E-state index contributed by atoms with van der Waals surface area (Å²) in [5, 5.41) is 20.2. The highest BCUT2D eigenvalue weighted by Gasteiger charge is 2.50. The summed E-state index contributed by atoms with van der Waals surface area (Å²) in [5.74, 6) is 2.20. The van der Waals surface area contributed by atoms with Gasteiger partial charge in [0, 0.05) is 6.42 Å². The molecule has 30 heavy (non-hydrogen) atoms. The molecular formula is C28H44O2. The lowest BCUT2D eigenvalue weighted by Crippen LogP contribution is -2.36. The lowest BCUT2D eigenvalue weighted by atomic mass is 9.60. The predicted molar refractivity (Wildman–Crippen MR) is 127 cm³/mol. The van der Waals surface area contributed by atoms with Crippen molar-refractivity contribution in [3.8, 4) is 0 Å². The molecule has 0 spiro atoms. The normalized spacial score (nSPS) is 36.4. The Morgan fingerprint density at radius 2 is 1.97 bits per heavy atom. The lowest BCUT2D eigenvalue weighted by molar-refractivity contribution is 0.0596. The van der Waals surface area contributed by atoms with Crippen molar-refractivity contribution >= 4 is 0 Å². The Bertz CT molecular complexity index is 719. The fourth-order valence-electron chi connectivity index (χ4n) is 6.67. The van der Waals surface area contributed by atoms with Crippen LogP contribution in [0.1, 0.15) is 91.9 Å². The molecule has 3 unspecified atom stereocenters. The Morgan fingerprint density at radius 1 is 1.23 bits per heavy atom. The van der Waals surface area contributed by atoms with Crippen molar-refractivity contribution in [2.45, 2.75) is 104 Å². The van der Waals surface area contributed by atoms with E-state index >= 15 is 0 Å². The number of hydrogen-bond donors (Lipinski definition) is 2. The zero-order valence-corrected chi connectivity index (χ0v) is 19.8. The van der Waals surface area contributed by atoms with E-state index in [0.717, 1.165) is 42.2 Å². The van der Waals surface area contributed by atoms with Gasteiger partial charge in [0.1, 0.15) is 0 Å². The first-order chi connectivity index (χ1) is 14.0. The summed E-state index contributed by atoms with van der Waals surface area (Å²) in [4.78, 5) is 0. The van der Waals surface area contributed by atoms with Crippen molar-refractivity contribution < 1.29 is 10.2 Å². The van der Waals surface area contributed by atoms with Gasteiger partial charge in [-0.15, -0.1) is 0 Å². The van der Waals surface area contributed by atoms with Crippen LogP contribution in [-0.4, -0.2) is 21.9 Å². The van der Waals surface area contributed by atoms with E-state index in [1.165, 1.54) is 44.1 Å². The van der Waals surface area contributed by atoms with Gasteiger partial charge in [0.25, 0.3) is 0 Å². The highest BCUT2D eigenvalue weighted by atomic mass is 16.3. The summed E-state index contributed by atoms with van der Waals surface area (Å²) in [6.07, 6.45) is 15.3. The third kappa shape index (κ3) is 5.19. The molecule has 3 saturated carbocycles. The van der Waals surface area contributed by atoms with Crippen LogP contribution in [0.15, 0.2) is 47.6 Å². The highest BCUT2D eigenvalue weighted by molar-refractivity contribution is 5.41. The van der Waals surface area contributed by atoms with Crippen molar-refractivity contribution in [1.29, 1.82) is 0 Å². The van der Waals surface area contributed by atoms with E-state index in [9.17, 15) is 10.2 Å². The number of hydrogen-bond acceptors (Lipinski definition) is 2. The molecule has 0 radical (unpaired) electrons. The summed E-state index contributed by atoms with van der Waals surface area (Å²) in [6.45, 7) is 17.0. The van der Waals surface area contributed by atoms with E-state index in [1.54, 1.807) is 5.57 Å². The fraction of sp³-hybridized carbons (Fsp3) is 0.714. The summed E-state index contributed by atoms with van der Waals surface area (Å²) >= 11 is 0. The molecule has 5 atom stereocenters. The van der Waals surface area contributed by atoms with Crippen LogP contribution in [0, 0.1) is 23.2 Å². The third-order valence-electron chi connectivity index (χ3n) is 8.45. The van der Waals surface area contributed by atoms with E-state index in [0.29, 0.717) is 17.8 Å². The molecule has 0 bridgehead atoms. The van der Waals surface area contributed by atoms with Crippen LogP contribution in [0.3, 0.4) is 0 Å². The van der Waals surface area contributed by atoms with E-state index in [4.69, 9.17) is 0 Å². The maximum absolute atomic E-state index is 10.2. The van der Waals surface area contributed by atoms with Gasteiger partial charge in [0.2, 0.25) is 0 Å². The Balaban J connectivity index is 1.69. The standard InChI is InChI=1S/C28H44O2/c1-19(9-7-15-27(4,5)30)24-13-14-25-22(10-8-16-28(24,25)6)11-12-23-18-26(29)21(3)17-20(23)2/h11-12,19,24-26,29-30H,2-3,7-10,13-18H2,1,4-6H3/b22-11+,23-12-/t19-,24?,25?,26+,28?/m0/s1. The first-order valence-electron chi connectivity index (χ1n) is 12.2. The minimum atomic E-state index is -0.543. The minimum absolute atomic E-state index is 0.411. The van der Waals surface area contributed by atoms with E-state index in [-0.39, 0.29) is 0 Å². The van der Waals surface area contributed by atoms with Gasteiger partial charge in [0.15, 0.2) is 0 Å². The molecule has 3 aliphatic carbocycles. The minimum Gasteiger partial charge on any atom is -0.390 e. The van der Waals surface area contributed by atoms with Gasteiger partial charge < -0.3 is 10.2 Å². The molecule has 0 heterocycles. The Labute approximate surface area is 184 Å². The largest absolute Gasteiger partial charge is 0.390 e. The van der Waals surface area contributed by atoms with Gasteiger partial charge in [-0.25, -0.2) is 0 Å². The van der Waals surface area contributed by atoms with Crippen LogP contribution in [0.5, 0.6) is 0 Å². The number of rotatable bonds is 6. The van der Waals surface area contributed by atoms with E-state index in [1.807, 2.05) is 13.8 Å². The predicted octanol–water partition coefficient (Wildman–Crippen LogP) is 6.90. The van der Waals surface area contributed by atoms with Gasteiger partial charge in [-0.2, -0.15) is 0 Å². The smallest absolute Gasteiger partial charge is 0.0791 e. The van der Waals surface area contributed by atoms with E-state index < -0.39 is 11.7 Å². The molecular weight excluding hydrogens is 368 g/mol. The number of fused-ring (bicyclic) bond motifs is 1. The summed E-state index contributed by atoms with van der Waals surface area (Å²) in [5.41, 5.74) is 4.70. The molecule has 2 nitrogen and oxygen atoms in total. The second-order valence-corrected chi connectivity index (χ2v) is 11.4. The molecule has 3 aliphatic rings. The lowest BCUT2D eigenvalue weighted by Gasteiger charge is -2.44. The van der Waals surface area contributed by atoms with Gasteiger partial charge >= 0.3 is 0 Å². The second kappa shape index (κ2) is 9.17. The van der Waals surface area contributed by atoms with Crippen LogP contribution >= 0.6 is 0 Å². The molecule has 168 valence electrons. The van der Waals surface area contributed by atoms with Crippen molar-refractivity contribution in [3.63, 3.8) is 0 Å². The van der Waals surface area contributed by atoms with E-state index in [2.05, 4.69) is 39.2 Å². The Hall–Kier alpha value is -1.12. The first-order valence-corrected chi connectivity index (χ1v) is 12.2. The SMILES string of the molecule is C=C1CC(=C)[C@H](O)C/C1=C/C=C1\CCCC2(C)C1CCC2[C@@H](C)CCCC(C)(C)O. The van der Waals surface area contributed by atoms with Crippen molar-refractivity contribution in [2.24, 2.45) is 23.2 Å². The average molecular weight is 413 g/mol. The van der Waals surface area contributed by atoms with Crippen LogP contribution in [-0.2, 0) is 0 Å². The molecule has 0 saturated heterocycles. The number of aliphatic hydroxyl groups excluding tert-OH is 1. The summed E-state index contributed by atoms with van der Waals surface area (Å²) < 4.78 is 0. The number of allylic oxidation sites excluding steroid dienone is 4. The molecule has 0 amide bonds. The number of aliphatic hydroxyl groups is 2. The molecule has 0 aromatic rings. The maximum Gasteiger partial charge on any atom is 0.0791 e. The molecule has 2 heteroatoms. The van der Waals surface area contributed by atoms with Crippen LogP contribution in [0.2, 0.25) is 0 Å². The summed E-state index contributed by atoms with van der Waals surface area (Å²) in [7, 11) is 0. The monoisotopic (exact) mass is 412 g/mol. The quantitative estimate of drug-likeness (QED) is 0.466. The first kappa shape index (κ1) is 23.5. The van der Waals surface area contributed by atoms with Gasteiger partial charge in [-0.05, 0) is 98.7 Å². The zero-order valence-electron chi connectivity index (χ0n) is 19.8. The Morgan fingerprint density at radius 3 is 2.67 bits per heavy atom. The van der Waals surface area contributed by atoms with Crippen LogP contribution in [0.4, 0.5) is 0 Å². The Kier molecular flexibility index (Phi) is 7.19. The maximum atomic E-state index is 10.2. The highest BCUT2D eigenvalue weighted by Crippen LogP contribution is 2.60. The van der Waals surface area contributed by atoms with Crippen LogP contribution < -0.4 is 0 Å². The molecule has 0 aliphatic heterocycles.